The Labute approximate surface area is 180 Å². The number of benzene rings is 3. The Morgan fingerprint density at radius 2 is 1.63 bits per heavy atom. The van der Waals surface area contributed by atoms with E-state index in [2.05, 4.69) is 10.6 Å². The molecule has 0 aliphatic heterocycles. The number of hydrogen-bond acceptors (Lipinski definition) is 4. The highest BCUT2D eigenvalue weighted by Gasteiger charge is 2.13. The maximum atomic E-state index is 12.6. The topological polar surface area (TPSA) is 70.7 Å². The molecule has 30 heavy (non-hydrogen) atoms. The SMILES string of the molecule is COc1ccc(NCC(=O)Nc2ccc(C(=O)N(C)c3ccccc3)cc2)cc1Cl. The number of nitrogens with zero attached hydrogens (tertiary/aromatic N) is 1. The van der Waals surface area contributed by atoms with Crippen LogP contribution in [0.5, 0.6) is 5.75 Å². The van der Waals surface area contributed by atoms with Crippen molar-refractivity contribution in [3.8, 4) is 5.75 Å². The number of carbonyl (C=O) groups is 2. The normalized spacial score (nSPS) is 10.2. The van der Waals surface area contributed by atoms with Gasteiger partial charge in [-0.1, -0.05) is 29.8 Å². The minimum absolute atomic E-state index is 0.0695. The molecule has 0 radical (unpaired) electrons. The predicted molar refractivity (Wildman–Crippen MR) is 121 cm³/mol. The monoisotopic (exact) mass is 423 g/mol. The fraction of sp³-hybridized carbons (Fsp3) is 0.130. The van der Waals surface area contributed by atoms with Crippen LogP contribution in [0.1, 0.15) is 10.4 Å². The lowest BCUT2D eigenvalue weighted by Crippen LogP contribution is -2.26. The van der Waals surface area contributed by atoms with Gasteiger partial charge in [-0.3, -0.25) is 9.59 Å². The number of ether oxygens (including phenoxy) is 1. The Hall–Kier alpha value is -3.51. The molecule has 3 aromatic rings. The molecule has 0 spiro atoms. The van der Waals surface area contributed by atoms with Crippen molar-refractivity contribution in [3.63, 3.8) is 0 Å². The van der Waals surface area contributed by atoms with Crippen LogP contribution in [0.3, 0.4) is 0 Å². The van der Waals surface area contributed by atoms with Crippen LogP contribution in [0.25, 0.3) is 0 Å². The fourth-order valence-corrected chi connectivity index (χ4v) is 3.08. The second-order valence-corrected chi connectivity index (χ2v) is 6.94. The van der Waals surface area contributed by atoms with E-state index in [9.17, 15) is 9.59 Å². The molecule has 6 nitrogen and oxygen atoms in total. The maximum Gasteiger partial charge on any atom is 0.258 e. The van der Waals surface area contributed by atoms with Gasteiger partial charge < -0.3 is 20.3 Å². The van der Waals surface area contributed by atoms with Gasteiger partial charge in [0, 0.05) is 29.7 Å². The molecule has 0 heterocycles. The van der Waals surface area contributed by atoms with Gasteiger partial charge in [-0.25, -0.2) is 0 Å². The van der Waals surface area contributed by atoms with Crippen molar-refractivity contribution < 1.29 is 14.3 Å². The Bertz CT molecular complexity index is 1020. The van der Waals surface area contributed by atoms with E-state index in [-0.39, 0.29) is 18.4 Å². The Balaban J connectivity index is 1.55. The molecule has 3 aromatic carbocycles. The lowest BCUT2D eigenvalue weighted by Gasteiger charge is -2.17. The summed E-state index contributed by atoms with van der Waals surface area (Å²) in [5.41, 5.74) is 2.66. The maximum absolute atomic E-state index is 12.6. The zero-order valence-electron chi connectivity index (χ0n) is 16.7. The van der Waals surface area contributed by atoms with Gasteiger partial charge in [-0.15, -0.1) is 0 Å². The first-order valence-corrected chi connectivity index (χ1v) is 9.66. The molecular formula is C23H22ClN3O3. The third-order valence-electron chi connectivity index (χ3n) is 4.47. The molecule has 0 fully saturated rings. The van der Waals surface area contributed by atoms with Crippen LogP contribution in [0.4, 0.5) is 17.1 Å². The van der Waals surface area contributed by atoms with Gasteiger partial charge in [-0.05, 0) is 54.6 Å². The standard InChI is InChI=1S/C23H22ClN3O3/c1-27(19-6-4-3-5-7-19)23(29)16-8-10-17(11-9-16)26-22(28)15-25-18-12-13-21(30-2)20(24)14-18/h3-14,25H,15H2,1-2H3,(H,26,28). The van der Waals surface area contributed by atoms with E-state index in [0.717, 1.165) is 5.69 Å². The van der Waals surface area contributed by atoms with Crippen LogP contribution >= 0.6 is 11.6 Å². The van der Waals surface area contributed by atoms with Crippen molar-refractivity contribution in [2.45, 2.75) is 0 Å². The number of nitrogens with one attached hydrogen (secondary N) is 2. The minimum atomic E-state index is -0.220. The smallest absolute Gasteiger partial charge is 0.258 e. The number of halogens is 1. The van der Waals surface area contributed by atoms with Crippen molar-refractivity contribution >= 4 is 40.5 Å². The van der Waals surface area contributed by atoms with E-state index < -0.39 is 0 Å². The third kappa shape index (κ3) is 5.30. The van der Waals surface area contributed by atoms with E-state index in [1.165, 1.54) is 0 Å². The second-order valence-electron chi connectivity index (χ2n) is 6.53. The molecule has 2 N–H and O–H groups in total. The molecule has 0 aromatic heterocycles. The molecule has 0 aliphatic rings. The highest BCUT2D eigenvalue weighted by Crippen LogP contribution is 2.27. The Kier molecular flexibility index (Phi) is 6.93. The van der Waals surface area contributed by atoms with E-state index in [1.54, 1.807) is 61.5 Å². The number of amides is 2. The van der Waals surface area contributed by atoms with E-state index in [0.29, 0.717) is 27.7 Å². The average molecular weight is 424 g/mol. The third-order valence-corrected chi connectivity index (χ3v) is 4.76. The summed E-state index contributed by atoms with van der Waals surface area (Å²) in [6.07, 6.45) is 0. The summed E-state index contributed by atoms with van der Waals surface area (Å²) in [5.74, 6) is 0.221. The number of carbonyl (C=O) groups excluding carboxylic acids is 2. The highest BCUT2D eigenvalue weighted by molar-refractivity contribution is 6.32. The molecule has 0 bridgehead atoms. The fourth-order valence-electron chi connectivity index (χ4n) is 2.82. The summed E-state index contributed by atoms with van der Waals surface area (Å²) < 4.78 is 5.10. The molecule has 2 amide bonds. The molecule has 7 heteroatoms. The molecule has 0 saturated heterocycles. The van der Waals surface area contributed by atoms with Crippen molar-refractivity contribution in [1.29, 1.82) is 0 Å². The molecule has 0 saturated carbocycles. The van der Waals surface area contributed by atoms with E-state index >= 15 is 0 Å². The van der Waals surface area contributed by atoms with Crippen molar-refractivity contribution in [1.82, 2.24) is 0 Å². The predicted octanol–water partition coefficient (Wildman–Crippen LogP) is 4.68. The van der Waals surface area contributed by atoms with Crippen LogP contribution in [-0.4, -0.2) is 32.5 Å². The van der Waals surface area contributed by atoms with Crippen LogP contribution in [0.2, 0.25) is 5.02 Å². The van der Waals surface area contributed by atoms with Crippen LogP contribution in [0.15, 0.2) is 72.8 Å². The number of anilines is 3. The Morgan fingerprint density at radius 1 is 0.967 bits per heavy atom. The van der Waals surface area contributed by atoms with Gasteiger partial charge >= 0.3 is 0 Å². The van der Waals surface area contributed by atoms with Crippen molar-refractivity contribution in [2.75, 3.05) is 36.2 Å². The van der Waals surface area contributed by atoms with Crippen molar-refractivity contribution in [2.24, 2.45) is 0 Å². The van der Waals surface area contributed by atoms with Gasteiger partial charge in [0.25, 0.3) is 5.91 Å². The lowest BCUT2D eigenvalue weighted by atomic mass is 10.1. The van der Waals surface area contributed by atoms with E-state index in [1.807, 2.05) is 30.3 Å². The summed E-state index contributed by atoms with van der Waals surface area (Å²) in [7, 11) is 3.27. The molecular weight excluding hydrogens is 402 g/mol. The summed E-state index contributed by atoms with van der Waals surface area (Å²) in [5, 5.41) is 6.26. The molecule has 3 rings (SSSR count). The summed E-state index contributed by atoms with van der Waals surface area (Å²) >= 11 is 6.08. The van der Waals surface area contributed by atoms with E-state index in [4.69, 9.17) is 16.3 Å². The van der Waals surface area contributed by atoms with Gasteiger partial charge in [-0.2, -0.15) is 0 Å². The van der Waals surface area contributed by atoms with Gasteiger partial charge in [0.1, 0.15) is 5.75 Å². The largest absolute Gasteiger partial charge is 0.495 e. The Morgan fingerprint density at radius 3 is 2.27 bits per heavy atom. The van der Waals surface area contributed by atoms with Gasteiger partial charge in [0.2, 0.25) is 5.91 Å². The number of para-hydroxylation sites is 1. The van der Waals surface area contributed by atoms with Crippen LogP contribution < -0.4 is 20.3 Å². The number of hydrogen-bond donors (Lipinski definition) is 2. The first kappa shape index (κ1) is 21.2. The van der Waals surface area contributed by atoms with Gasteiger partial charge in [0.15, 0.2) is 0 Å². The summed E-state index contributed by atoms with van der Waals surface area (Å²) in [4.78, 5) is 26.4. The molecule has 0 aliphatic carbocycles. The summed E-state index contributed by atoms with van der Waals surface area (Å²) in [6.45, 7) is 0.0695. The first-order chi connectivity index (χ1) is 14.5. The second kappa shape index (κ2) is 9.80. The quantitative estimate of drug-likeness (QED) is 0.579. The molecule has 0 atom stereocenters. The van der Waals surface area contributed by atoms with Crippen molar-refractivity contribution in [3.05, 3.63) is 83.4 Å². The summed E-state index contributed by atoms with van der Waals surface area (Å²) in [6, 6.07) is 21.4. The number of rotatable bonds is 7. The zero-order valence-corrected chi connectivity index (χ0v) is 17.4. The van der Waals surface area contributed by atoms with Crippen LogP contribution in [0, 0.1) is 0 Å². The lowest BCUT2D eigenvalue weighted by molar-refractivity contribution is -0.114. The zero-order chi connectivity index (χ0) is 21.5. The molecule has 154 valence electrons. The average Bonchev–Trinajstić information content (AvgIpc) is 2.78. The van der Waals surface area contributed by atoms with Crippen LogP contribution in [-0.2, 0) is 4.79 Å². The number of methoxy groups -OCH3 is 1. The van der Waals surface area contributed by atoms with Gasteiger partial charge in [0.05, 0.1) is 18.7 Å². The minimum Gasteiger partial charge on any atom is -0.495 e. The first-order valence-electron chi connectivity index (χ1n) is 9.28. The highest BCUT2D eigenvalue weighted by atomic mass is 35.5. The molecule has 0 unspecified atom stereocenters.